The van der Waals surface area contributed by atoms with Crippen molar-refractivity contribution < 1.29 is 4.79 Å². The maximum Gasteiger partial charge on any atom is 0.239 e. The minimum Gasteiger partial charge on any atom is -0.327 e. The fourth-order valence-electron chi connectivity index (χ4n) is 2.83. The molecule has 1 aromatic heterocycles. The summed E-state index contributed by atoms with van der Waals surface area (Å²) in [5.74, 6) is 0.786. The highest BCUT2D eigenvalue weighted by Crippen LogP contribution is 2.27. The molecule has 1 aliphatic heterocycles. The molecule has 21 heavy (non-hydrogen) atoms. The molecule has 0 aliphatic carbocycles. The molecule has 1 amide bonds. The zero-order valence-corrected chi connectivity index (χ0v) is 13.3. The molecule has 1 fully saturated rings. The van der Waals surface area contributed by atoms with E-state index in [2.05, 4.69) is 36.1 Å². The van der Waals surface area contributed by atoms with E-state index in [1.165, 1.54) is 0 Å². The fourth-order valence-corrected chi connectivity index (χ4v) is 2.83. The van der Waals surface area contributed by atoms with Crippen molar-refractivity contribution in [3.8, 4) is 0 Å². The van der Waals surface area contributed by atoms with E-state index in [9.17, 15) is 4.79 Å². The Kier molecular flexibility index (Phi) is 5.00. The predicted octanol–water partition coefficient (Wildman–Crippen LogP) is 1.29. The zero-order chi connectivity index (χ0) is 15.5. The summed E-state index contributed by atoms with van der Waals surface area (Å²) in [6, 6.07) is 2.05. The van der Waals surface area contributed by atoms with Crippen LogP contribution >= 0.6 is 0 Å². The lowest BCUT2D eigenvalue weighted by molar-refractivity contribution is -0.118. The number of anilines is 1. The average molecular weight is 293 g/mol. The number of aryl methyl sites for hydroxylation is 1. The molecule has 1 aliphatic rings. The molecule has 1 saturated heterocycles. The SMILES string of the molecule is CCCn1nccc1NC(=O)CN1CCC(N)C(C)(C)C1. The van der Waals surface area contributed by atoms with Crippen LogP contribution in [0.5, 0.6) is 0 Å². The summed E-state index contributed by atoms with van der Waals surface area (Å²) in [6.07, 6.45) is 3.64. The smallest absolute Gasteiger partial charge is 0.239 e. The van der Waals surface area contributed by atoms with Crippen LogP contribution in [-0.2, 0) is 11.3 Å². The van der Waals surface area contributed by atoms with Crippen LogP contribution in [0.15, 0.2) is 12.3 Å². The van der Waals surface area contributed by atoms with Gasteiger partial charge in [0, 0.05) is 31.7 Å². The number of rotatable bonds is 5. The summed E-state index contributed by atoms with van der Waals surface area (Å²) in [5, 5.41) is 7.16. The molecule has 0 spiro atoms. The van der Waals surface area contributed by atoms with Gasteiger partial charge in [-0.1, -0.05) is 20.8 Å². The van der Waals surface area contributed by atoms with Gasteiger partial charge in [-0.05, 0) is 18.3 Å². The first kappa shape index (κ1) is 16.0. The van der Waals surface area contributed by atoms with Crippen molar-refractivity contribution in [2.45, 2.75) is 46.2 Å². The summed E-state index contributed by atoms with van der Waals surface area (Å²) >= 11 is 0. The number of nitrogens with two attached hydrogens (primary N) is 1. The Morgan fingerprint density at radius 2 is 2.33 bits per heavy atom. The first-order valence-corrected chi connectivity index (χ1v) is 7.72. The number of piperidine rings is 1. The fraction of sp³-hybridized carbons (Fsp3) is 0.733. The van der Waals surface area contributed by atoms with Crippen molar-refractivity contribution in [1.82, 2.24) is 14.7 Å². The number of aromatic nitrogens is 2. The predicted molar refractivity (Wildman–Crippen MR) is 84.0 cm³/mol. The largest absolute Gasteiger partial charge is 0.327 e. The Morgan fingerprint density at radius 3 is 3.00 bits per heavy atom. The molecule has 1 unspecified atom stereocenters. The molecule has 2 heterocycles. The Labute approximate surface area is 126 Å². The van der Waals surface area contributed by atoms with Gasteiger partial charge in [0.15, 0.2) is 0 Å². The van der Waals surface area contributed by atoms with Gasteiger partial charge in [0.05, 0.1) is 12.7 Å². The van der Waals surface area contributed by atoms with E-state index in [1.807, 2.05) is 10.7 Å². The second-order valence-electron chi connectivity index (χ2n) is 6.58. The molecule has 1 atom stereocenters. The topological polar surface area (TPSA) is 76.2 Å². The van der Waals surface area contributed by atoms with Crippen molar-refractivity contribution in [2.75, 3.05) is 25.0 Å². The minimum atomic E-state index is 0.0131. The van der Waals surface area contributed by atoms with Gasteiger partial charge in [0.1, 0.15) is 5.82 Å². The molecule has 6 nitrogen and oxygen atoms in total. The Morgan fingerprint density at radius 1 is 1.57 bits per heavy atom. The lowest BCUT2D eigenvalue weighted by Gasteiger charge is -2.42. The van der Waals surface area contributed by atoms with E-state index in [0.717, 1.165) is 38.3 Å². The maximum absolute atomic E-state index is 12.2. The first-order chi connectivity index (χ1) is 9.92. The molecule has 2 rings (SSSR count). The van der Waals surface area contributed by atoms with Crippen molar-refractivity contribution >= 4 is 11.7 Å². The molecule has 0 saturated carbocycles. The second-order valence-corrected chi connectivity index (χ2v) is 6.58. The number of carbonyl (C=O) groups excluding carboxylic acids is 1. The molecular weight excluding hydrogens is 266 g/mol. The monoisotopic (exact) mass is 293 g/mol. The molecule has 6 heteroatoms. The van der Waals surface area contributed by atoms with Gasteiger partial charge in [-0.3, -0.25) is 9.69 Å². The van der Waals surface area contributed by atoms with Crippen molar-refractivity contribution in [2.24, 2.45) is 11.1 Å². The minimum absolute atomic E-state index is 0.0131. The quantitative estimate of drug-likeness (QED) is 0.858. The summed E-state index contributed by atoms with van der Waals surface area (Å²) in [7, 11) is 0. The normalized spacial score (nSPS) is 22.2. The van der Waals surface area contributed by atoms with Gasteiger partial charge < -0.3 is 11.1 Å². The number of amides is 1. The van der Waals surface area contributed by atoms with E-state index in [-0.39, 0.29) is 17.4 Å². The molecule has 3 N–H and O–H groups in total. The van der Waals surface area contributed by atoms with Crippen LogP contribution in [0, 0.1) is 5.41 Å². The van der Waals surface area contributed by atoms with Crippen LogP contribution in [0.25, 0.3) is 0 Å². The van der Waals surface area contributed by atoms with E-state index in [0.29, 0.717) is 6.54 Å². The standard InChI is InChI=1S/C15H27N5O/c1-4-8-20-13(5-7-17-20)18-14(21)10-19-9-6-12(16)15(2,3)11-19/h5,7,12H,4,6,8-11,16H2,1-3H3,(H,18,21). The molecule has 0 bridgehead atoms. The highest BCUT2D eigenvalue weighted by Gasteiger charge is 2.33. The molecular formula is C15H27N5O. The summed E-state index contributed by atoms with van der Waals surface area (Å²) in [5.41, 5.74) is 6.19. The van der Waals surface area contributed by atoms with E-state index >= 15 is 0 Å². The number of hydrogen-bond acceptors (Lipinski definition) is 4. The Bertz CT molecular complexity index is 482. The first-order valence-electron chi connectivity index (χ1n) is 7.72. The summed E-state index contributed by atoms with van der Waals surface area (Å²) in [6.45, 7) is 9.38. The third-order valence-electron chi connectivity index (χ3n) is 4.18. The van der Waals surface area contributed by atoms with E-state index in [4.69, 9.17) is 5.73 Å². The highest BCUT2D eigenvalue weighted by atomic mass is 16.2. The van der Waals surface area contributed by atoms with Crippen molar-refractivity contribution in [3.63, 3.8) is 0 Å². The zero-order valence-electron chi connectivity index (χ0n) is 13.3. The Balaban J connectivity index is 1.89. The van der Waals surface area contributed by atoms with Crippen LogP contribution in [-0.4, -0.2) is 46.3 Å². The van der Waals surface area contributed by atoms with E-state index < -0.39 is 0 Å². The molecule has 118 valence electrons. The molecule has 0 radical (unpaired) electrons. The average Bonchev–Trinajstić information content (AvgIpc) is 2.81. The molecule has 1 aromatic rings. The van der Waals surface area contributed by atoms with Crippen LogP contribution in [0.2, 0.25) is 0 Å². The maximum atomic E-state index is 12.2. The number of likely N-dealkylation sites (tertiary alicyclic amines) is 1. The van der Waals surface area contributed by atoms with Gasteiger partial charge in [0.2, 0.25) is 5.91 Å². The number of nitrogens with one attached hydrogen (secondary N) is 1. The van der Waals surface area contributed by atoms with Crippen LogP contribution in [0.1, 0.15) is 33.6 Å². The van der Waals surface area contributed by atoms with Gasteiger partial charge in [0.25, 0.3) is 0 Å². The number of hydrogen-bond donors (Lipinski definition) is 2. The third-order valence-corrected chi connectivity index (χ3v) is 4.18. The number of nitrogens with zero attached hydrogens (tertiary/aromatic N) is 3. The van der Waals surface area contributed by atoms with Crippen LogP contribution < -0.4 is 11.1 Å². The van der Waals surface area contributed by atoms with Gasteiger partial charge in [-0.2, -0.15) is 5.10 Å². The van der Waals surface area contributed by atoms with E-state index in [1.54, 1.807) is 6.20 Å². The highest BCUT2D eigenvalue weighted by molar-refractivity contribution is 5.91. The Hall–Kier alpha value is -1.40. The summed E-state index contributed by atoms with van der Waals surface area (Å²) < 4.78 is 1.83. The van der Waals surface area contributed by atoms with Gasteiger partial charge >= 0.3 is 0 Å². The van der Waals surface area contributed by atoms with Crippen molar-refractivity contribution in [1.29, 1.82) is 0 Å². The summed E-state index contributed by atoms with van der Waals surface area (Å²) in [4.78, 5) is 14.4. The van der Waals surface area contributed by atoms with Crippen molar-refractivity contribution in [3.05, 3.63) is 12.3 Å². The number of carbonyl (C=O) groups is 1. The third kappa shape index (κ3) is 4.04. The van der Waals surface area contributed by atoms with Crippen LogP contribution in [0.3, 0.4) is 0 Å². The van der Waals surface area contributed by atoms with Gasteiger partial charge in [-0.15, -0.1) is 0 Å². The lowest BCUT2D eigenvalue weighted by Crippen LogP contribution is -2.53. The molecule has 0 aromatic carbocycles. The van der Waals surface area contributed by atoms with Gasteiger partial charge in [-0.25, -0.2) is 4.68 Å². The van der Waals surface area contributed by atoms with Crippen LogP contribution in [0.4, 0.5) is 5.82 Å². The second kappa shape index (κ2) is 6.58. The lowest BCUT2D eigenvalue weighted by atomic mass is 9.80.